The first-order valence-corrected chi connectivity index (χ1v) is 29.6. The van der Waals surface area contributed by atoms with E-state index in [1.807, 2.05) is 12.1 Å². The van der Waals surface area contributed by atoms with Gasteiger partial charge in [-0.15, -0.1) is 0 Å². The van der Waals surface area contributed by atoms with Crippen LogP contribution in [0.2, 0.25) is 0 Å². The fourth-order valence-electron chi connectivity index (χ4n) is 11.4. The van der Waals surface area contributed by atoms with E-state index in [1.165, 1.54) is 64.2 Å². The maximum Gasteiger partial charge on any atom is 0.350 e. The molecule has 71 heavy (non-hydrogen) atoms. The van der Waals surface area contributed by atoms with Crippen molar-refractivity contribution in [2.75, 3.05) is 13.2 Å². The Morgan fingerprint density at radius 2 is 0.845 bits per heavy atom. The van der Waals surface area contributed by atoms with Crippen molar-refractivity contribution in [3.8, 4) is 23.6 Å². The molecular weight excluding hydrogens is 977 g/mol. The fraction of sp³-hybridized carbons (Fsp3) is 0.709. The second-order valence-corrected chi connectivity index (χ2v) is 26.7. The third kappa shape index (κ3) is 14.4. The van der Waals surface area contributed by atoms with Gasteiger partial charge in [-0.25, -0.2) is 9.59 Å². The predicted molar refractivity (Wildman–Crippen MR) is 277 cm³/mol. The average molecular weight is 1050 g/mol. The molecule has 2 aliphatic heterocycles. The zero-order valence-corrected chi connectivity index (χ0v) is 45.8. The molecule has 2 unspecified atom stereocenters. The Balaban J connectivity index is 1.23. The third-order valence-corrected chi connectivity index (χ3v) is 21.3. The van der Waals surface area contributed by atoms with E-state index in [0.29, 0.717) is 68.9 Å². The molecule has 0 spiro atoms. The predicted octanol–water partition coefficient (Wildman–Crippen LogP) is 13.2. The lowest BCUT2D eigenvalue weighted by Crippen LogP contribution is -2.30. The Labute approximate surface area is 438 Å². The Kier molecular flexibility index (Phi) is 19.5. The number of hydrogen-bond acceptors (Lipinski definition) is 16. The molecule has 6 aliphatic rings. The van der Waals surface area contributed by atoms with Crippen LogP contribution < -0.4 is 9.47 Å². The van der Waals surface area contributed by atoms with E-state index in [2.05, 4.69) is 13.8 Å². The van der Waals surface area contributed by atoms with E-state index in [1.54, 1.807) is 27.7 Å². The first-order valence-electron chi connectivity index (χ1n) is 26.4. The van der Waals surface area contributed by atoms with Crippen LogP contribution in [0.1, 0.15) is 176 Å². The largest absolute Gasteiger partial charge is 0.461 e. The topological polar surface area (TPSA) is 193 Å². The maximum atomic E-state index is 14.6. The van der Waals surface area contributed by atoms with Gasteiger partial charge in [-0.3, -0.25) is 9.59 Å². The molecule has 0 radical (unpaired) electrons. The highest BCUT2D eigenvalue weighted by Gasteiger charge is 2.43. The van der Waals surface area contributed by atoms with Crippen LogP contribution in [-0.2, 0) is 28.7 Å². The monoisotopic (exact) mass is 1050 g/mol. The number of ether oxygens (including phenoxy) is 4. The number of carbonyl (C=O) groups excluding carboxylic acids is 4. The summed E-state index contributed by atoms with van der Waals surface area (Å²) in [7, 11) is 0. The van der Waals surface area contributed by atoms with Gasteiger partial charge in [-0.05, 0) is 134 Å². The van der Waals surface area contributed by atoms with Crippen molar-refractivity contribution >= 4 is 70.9 Å². The zero-order chi connectivity index (χ0) is 51.0. The van der Waals surface area contributed by atoms with Crippen LogP contribution >= 0.6 is 47.0 Å². The van der Waals surface area contributed by atoms with Crippen molar-refractivity contribution in [3.63, 3.8) is 0 Å². The smallest absolute Gasteiger partial charge is 0.350 e. The number of aliphatic hydroxyl groups is 2. The molecule has 2 N–H and O–H groups in total. The standard InChI is InChI=1S/C55H74N2O10S4/c1-7-32-12-16-35(17-13-32)34-10-9-11-38(23-20-34)48(58)66-42-44-46(70-52(68-44)40(30-56)50(60)64-28-26-54(3,4)62)43(47-45(42)69-53(71-47)41(31-57)51(61)65-29-27-55(5,6)63)67-49(59)39-24-21-37(22-25-39)36-18-14-33(8-2)15-19-36/h32-39,62-63H,7-29H2,1-6H3/b52-40-,53-41+. The van der Waals surface area contributed by atoms with Gasteiger partial charge in [0, 0.05) is 12.8 Å². The molecule has 388 valence electrons. The minimum absolute atomic E-state index is 0.128. The molecule has 0 bridgehead atoms. The Morgan fingerprint density at radius 3 is 1.17 bits per heavy atom. The van der Waals surface area contributed by atoms with Gasteiger partial charge >= 0.3 is 23.9 Å². The summed E-state index contributed by atoms with van der Waals surface area (Å²) >= 11 is 4.22. The quantitative estimate of drug-likeness (QED) is 0.0521. The first kappa shape index (κ1) is 55.6. The van der Waals surface area contributed by atoms with Crippen LogP contribution in [0, 0.1) is 70.0 Å². The first-order chi connectivity index (χ1) is 33.9. The van der Waals surface area contributed by atoms with E-state index in [4.69, 9.17) is 18.9 Å². The number of nitrogens with zero attached hydrogens (tertiary/aromatic N) is 2. The molecule has 7 rings (SSSR count). The second-order valence-electron chi connectivity index (χ2n) is 22.1. The highest BCUT2D eigenvalue weighted by Crippen LogP contribution is 2.69. The Bertz CT molecular complexity index is 2180. The van der Waals surface area contributed by atoms with Crippen LogP contribution in [-0.4, -0.2) is 58.5 Å². The van der Waals surface area contributed by atoms with Gasteiger partial charge in [0.15, 0.2) is 22.6 Å². The zero-order valence-electron chi connectivity index (χ0n) is 42.6. The van der Waals surface area contributed by atoms with Crippen molar-refractivity contribution in [2.45, 2.75) is 207 Å². The van der Waals surface area contributed by atoms with Crippen molar-refractivity contribution in [3.05, 3.63) is 19.6 Å². The fourth-order valence-corrected chi connectivity index (χ4v) is 16.8. The van der Waals surface area contributed by atoms with E-state index in [0.717, 1.165) is 91.0 Å². The average Bonchev–Trinajstić information content (AvgIpc) is 3.90. The van der Waals surface area contributed by atoms with Gasteiger partial charge in [0.05, 0.1) is 64.3 Å². The number of carbonyl (C=O) groups is 4. The summed E-state index contributed by atoms with van der Waals surface area (Å²) in [5.41, 5.74) is -2.77. The van der Waals surface area contributed by atoms with E-state index < -0.39 is 35.1 Å². The second kappa shape index (κ2) is 24.9. The van der Waals surface area contributed by atoms with Crippen LogP contribution in [0.5, 0.6) is 11.5 Å². The number of rotatable bonds is 16. The van der Waals surface area contributed by atoms with Crippen LogP contribution in [0.3, 0.4) is 0 Å². The number of hydrogen-bond donors (Lipinski definition) is 2. The van der Waals surface area contributed by atoms with Gasteiger partial charge in [0.1, 0.15) is 12.1 Å². The molecular formula is C55H74N2O10S4. The molecule has 0 aromatic heterocycles. The summed E-state index contributed by atoms with van der Waals surface area (Å²) in [6.45, 7) is 10.7. The summed E-state index contributed by atoms with van der Waals surface area (Å²) in [6.07, 6.45) is 20.3. The normalized spacial score (nSPS) is 28.3. The van der Waals surface area contributed by atoms with E-state index >= 15 is 0 Å². The SMILES string of the molecule is CCC1CCC(C2CCCC(C(=O)Oc3c4c(c(OC(=O)C5CCC(C6CCC(CC)CC6)CC5)c5c3S/C(=C(/C#N)C(=O)OCCC(C)(C)O)S5)S/C(=C(/C#N)C(=O)OCCC(C)(C)O)S4)CC2)CC1. The number of thioether (sulfide) groups is 4. The van der Waals surface area contributed by atoms with Gasteiger partial charge in [0.2, 0.25) is 0 Å². The summed E-state index contributed by atoms with van der Waals surface area (Å²) < 4.78 is 24.6. The van der Waals surface area contributed by atoms with Crippen LogP contribution in [0.4, 0.5) is 0 Å². The van der Waals surface area contributed by atoms with Crippen molar-refractivity contribution in [2.24, 2.45) is 47.3 Å². The lowest BCUT2D eigenvalue weighted by Gasteiger charge is -2.37. The molecule has 16 heteroatoms. The summed E-state index contributed by atoms with van der Waals surface area (Å²) in [5.74, 6) is 1.06. The summed E-state index contributed by atoms with van der Waals surface area (Å²) in [6, 6.07) is 4.04. The summed E-state index contributed by atoms with van der Waals surface area (Å²) in [5, 5.41) is 41.5. The number of nitriles is 2. The van der Waals surface area contributed by atoms with Gasteiger partial charge in [-0.2, -0.15) is 10.5 Å². The highest BCUT2D eigenvalue weighted by molar-refractivity contribution is 8.26. The lowest BCUT2D eigenvalue weighted by atomic mass is 9.69. The van der Waals surface area contributed by atoms with Gasteiger partial charge in [-0.1, -0.05) is 112 Å². The molecule has 4 saturated carbocycles. The maximum absolute atomic E-state index is 14.6. The molecule has 1 aromatic carbocycles. The number of esters is 4. The number of fused-ring (bicyclic) bond motifs is 2. The molecule has 2 atom stereocenters. The van der Waals surface area contributed by atoms with Crippen molar-refractivity contribution in [1.29, 1.82) is 10.5 Å². The number of benzene rings is 1. The third-order valence-electron chi connectivity index (χ3n) is 16.1. The van der Waals surface area contributed by atoms with Gasteiger partial charge < -0.3 is 29.2 Å². The minimum atomic E-state index is -1.10. The van der Waals surface area contributed by atoms with Crippen molar-refractivity contribution < 1.29 is 48.3 Å². The molecule has 2 heterocycles. The Morgan fingerprint density at radius 1 is 0.521 bits per heavy atom. The molecule has 4 aliphatic carbocycles. The molecule has 12 nitrogen and oxygen atoms in total. The van der Waals surface area contributed by atoms with E-state index in [9.17, 15) is 39.9 Å². The molecule has 0 saturated heterocycles. The van der Waals surface area contributed by atoms with E-state index in [-0.39, 0.29) is 69.0 Å². The molecule has 0 amide bonds. The lowest BCUT2D eigenvalue weighted by molar-refractivity contribution is -0.141. The van der Waals surface area contributed by atoms with Crippen LogP contribution in [0.25, 0.3) is 0 Å². The molecule has 4 fully saturated rings. The van der Waals surface area contributed by atoms with Crippen LogP contribution in [0.15, 0.2) is 39.2 Å². The minimum Gasteiger partial charge on any atom is -0.461 e. The molecule has 1 aromatic rings. The Hall–Kier alpha value is -3.12. The van der Waals surface area contributed by atoms with Gasteiger partial charge in [0.25, 0.3) is 0 Å². The highest BCUT2D eigenvalue weighted by atomic mass is 32.2. The summed E-state index contributed by atoms with van der Waals surface area (Å²) in [4.78, 5) is 57.8. The van der Waals surface area contributed by atoms with Crippen molar-refractivity contribution in [1.82, 2.24) is 0 Å².